The minimum atomic E-state index is -0.437. The van der Waals surface area contributed by atoms with Crippen LogP contribution in [-0.4, -0.2) is 42.6 Å². The predicted octanol–water partition coefficient (Wildman–Crippen LogP) is 4.61. The van der Waals surface area contributed by atoms with Crippen molar-refractivity contribution in [3.8, 4) is 5.75 Å². The Balaban J connectivity index is 1.65. The molecule has 0 N–H and O–H groups in total. The molecule has 5 heteroatoms. The third-order valence-electron chi connectivity index (χ3n) is 4.66. The van der Waals surface area contributed by atoms with E-state index >= 15 is 0 Å². The van der Waals surface area contributed by atoms with E-state index in [4.69, 9.17) is 9.47 Å². The number of ether oxygens (including phenoxy) is 2. The molecule has 1 amide bonds. The molecular weight excluding hydrogens is 330 g/mol. The Labute approximate surface area is 156 Å². The van der Waals surface area contributed by atoms with Crippen LogP contribution in [0.4, 0.5) is 4.79 Å². The Hall–Kier alpha value is -2.04. The molecule has 1 aliphatic rings. The first-order valence-corrected chi connectivity index (χ1v) is 9.45. The Morgan fingerprint density at radius 3 is 2.54 bits per heavy atom. The number of carbonyl (C=O) groups excluding carboxylic acids is 2. The summed E-state index contributed by atoms with van der Waals surface area (Å²) in [7, 11) is 0. The molecule has 1 aliphatic heterocycles. The molecule has 0 radical (unpaired) electrons. The second-order valence-corrected chi connectivity index (χ2v) is 8.04. The van der Waals surface area contributed by atoms with Crippen molar-refractivity contribution in [3.05, 3.63) is 29.3 Å². The van der Waals surface area contributed by atoms with Crippen molar-refractivity contribution in [2.75, 3.05) is 19.7 Å². The van der Waals surface area contributed by atoms with Gasteiger partial charge in [0, 0.05) is 18.7 Å². The van der Waals surface area contributed by atoms with Crippen molar-refractivity contribution in [2.45, 2.75) is 59.0 Å². The number of benzene rings is 1. The molecule has 1 aromatic carbocycles. The van der Waals surface area contributed by atoms with Crippen molar-refractivity contribution in [1.82, 2.24) is 4.90 Å². The number of aryl methyl sites for hydroxylation is 1. The number of piperidine rings is 1. The largest absolute Gasteiger partial charge is 0.494 e. The van der Waals surface area contributed by atoms with Crippen molar-refractivity contribution >= 4 is 12.4 Å². The lowest BCUT2D eigenvalue weighted by Gasteiger charge is -2.33. The normalized spacial score (nSPS) is 15.6. The van der Waals surface area contributed by atoms with Crippen LogP contribution in [0, 0.1) is 12.8 Å². The standard InChI is InChI=1S/C21H31NO4/c1-16-14-19(8-7-18(16)15-23)25-13-5-6-17-9-11-22(12-10-17)20(24)26-21(2,3)4/h7-8,14-15,17H,5-6,9-13H2,1-4H3. The lowest BCUT2D eigenvalue weighted by molar-refractivity contribution is 0.0179. The molecule has 0 atom stereocenters. The number of hydrogen-bond acceptors (Lipinski definition) is 4. The summed E-state index contributed by atoms with van der Waals surface area (Å²) < 4.78 is 11.2. The van der Waals surface area contributed by atoms with Gasteiger partial charge in [-0.25, -0.2) is 4.79 Å². The molecule has 26 heavy (non-hydrogen) atoms. The minimum absolute atomic E-state index is 0.201. The van der Waals surface area contributed by atoms with Crippen molar-refractivity contribution in [2.24, 2.45) is 5.92 Å². The number of carbonyl (C=O) groups is 2. The zero-order valence-corrected chi connectivity index (χ0v) is 16.4. The fourth-order valence-corrected chi connectivity index (χ4v) is 3.16. The lowest BCUT2D eigenvalue weighted by atomic mass is 9.92. The molecule has 0 aromatic heterocycles. The van der Waals surface area contributed by atoms with E-state index in [9.17, 15) is 9.59 Å². The summed E-state index contributed by atoms with van der Waals surface area (Å²) in [5.41, 5.74) is 1.20. The van der Waals surface area contributed by atoms with E-state index in [1.54, 1.807) is 6.07 Å². The van der Waals surface area contributed by atoms with E-state index in [0.29, 0.717) is 18.1 Å². The first-order chi connectivity index (χ1) is 12.3. The summed E-state index contributed by atoms with van der Waals surface area (Å²) in [6.07, 6.45) is 4.80. The highest BCUT2D eigenvalue weighted by Gasteiger charge is 2.26. The molecule has 1 heterocycles. The van der Waals surface area contributed by atoms with Crippen LogP contribution in [-0.2, 0) is 4.74 Å². The van der Waals surface area contributed by atoms with Gasteiger partial charge < -0.3 is 14.4 Å². The van der Waals surface area contributed by atoms with Gasteiger partial charge in [-0.05, 0) is 83.1 Å². The van der Waals surface area contributed by atoms with Gasteiger partial charge in [0.05, 0.1) is 6.61 Å². The summed E-state index contributed by atoms with van der Waals surface area (Å²) in [6.45, 7) is 9.81. The SMILES string of the molecule is Cc1cc(OCCCC2CCN(C(=O)OC(C)(C)C)CC2)ccc1C=O. The van der Waals surface area contributed by atoms with Crippen LogP contribution < -0.4 is 4.74 Å². The zero-order valence-electron chi connectivity index (χ0n) is 16.4. The van der Waals surface area contributed by atoms with Crippen LogP contribution in [0.2, 0.25) is 0 Å². The number of amides is 1. The maximum atomic E-state index is 12.1. The van der Waals surface area contributed by atoms with Crippen molar-refractivity contribution in [3.63, 3.8) is 0 Å². The summed E-state index contributed by atoms with van der Waals surface area (Å²) in [5, 5.41) is 0. The molecular formula is C21H31NO4. The smallest absolute Gasteiger partial charge is 0.410 e. The molecule has 0 aliphatic carbocycles. The van der Waals surface area contributed by atoms with Gasteiger partial charge in [0.15, 0.2) is 0 Å². The van der Waals surface area contributed by atoms with Crippen LogP contribution in [0.1, 0.15) is 62.4 Å². The third kappa shape index (κ3) is 6.36. The van der Waals surface area contributed by atoms with E-state index in [2.05, 4.69) is 0 Å². The van der Waals surface area contributed by atoms with Crippen molar-refractivity contribution < 1.29 is 19.1 Å². The highest BCUT2D eigenvalue weighted by molar-refractivity contribution is 5.77. The maximum absolute atomic E-state index is 12.1. The van der Waals surface area contributed by atoms with E-state index in [-0.39, 0.29) is 6.09 Å². The summed E-state index contributed by atoms with van der Waals surface area (Å²) in [6, 6.07) is 5.54. The second-order valence-electron chi connectivity index (χ2n) is 8.04. The predicted molar refractivity (Wildman–Crippen MR) is 102 cm³/mol. The number of rotatable bonds is 6. The first-order valence-electron chi connectivity index (χ1n) is 9.45. The van der Waals surface area contributed by atoms with Gasteiger partial charge in [0.1, 0.15) is 17.6 Å². The first kappa shape index (κ1) is 20.3. The van der Waals surface area contributed by atoms with Gasteiger partial charge in [-0.1, -0.05) is 0 Å². The average Bonchev–Trinajstić information content (AvgIpc) is 2.58. The Kier molecular flexibility index (Phi) is 7.06. The Morgan fingerprint density at radius 2 is 1.96 bits per heavy atom. The highest BCUT2D eigenvalue weighted by Crippen LogP contribution is 2.24. The van der Waals surface area contributed by atoms with Gasteiger partial charge in [-0.2, -0.15) is 0 Å². The van der Waals surface area contributed by atoms with E-state index in [1.807, 2.05) is 44.7 Å². The lowest BCUT2D eigenvalue weighted by Crippen LogP contribution is -2.41. The molecule has 0 saturated carbocycles. The molecule has 2 rings (SSSR count). The Morgan fingerprint density at radius 1 is 1.27 bits per heavy atom. The number of aldehydes is 1. The Bertz CT molecular complexity index is 613. The van der Waals surface area contributed by atoms with Crippen LogP contribution in [0.5, 0.6) is 5.75 Å². The van der Waals surface area contributed by atoms with Gasteiger partial charge in [0.25, 0.3) is 0 Å². The molecule has 1 saturated heterocycles. The quantitative estimate of drug-likeness (QED) is 0.548. The molecule has 5 nitrogen and oxygen atoms in total. The fourth-order valence-electron chi connectivity index (χ4n) is 3.16. The van der Waals surface area contributed by atoms with Gasteiger partial charge in [0.2, 0.25) is 0 Å². The molecule has 0 unspecified atom stereocenters. The summed E-state index contributed by atoms with van der Waals surface area (Å²) >= 11 is 0. The zero-order chi connectivity index (χ0) is 19.2. The van der Waals surface area contributed by atoms with Crippen LogP contribution in [0.15, 0.2) is 18.2 Å². The number of likely N-dealkylation sites (tertiary alicyclic amines) is 1. The highest BCUT2D eigenvalue weighted by atomic mass is 16.6. The molecule has 1 aromatic rings. The van der Waals surface area contributed by atoms with Gasteiger partial charge in [-0.3, -0.25) is 4.79 Å². The van der Waals surface area contributed by atoms with E-state index in [0.717, 1.165) is 56.4 Å². The van der Waals surface area contributed by atoms with E-state index in [1.165, 1.54) is 0 Å². The monoisotopic (exact) mass is 361 g/mol. The van der Waals surface area contributed by atoms with Gasteiger partial charge in [-0.15, -0.1) is 0 Å². The van der Waals surface area contributed by atoms with Crippen LogP contribution >= 0.6 is 0 Å². The number of hydrogen-bond donors (Lipinski definition) is 0. The summed E-state index contributed by atoms with van der Waals surface area (Å²) in [5.74, 6) is 1.45. The second kappa shape index (κ2) is 9.06. The number of nitrogens with zero attached hydrogens (tertiary/aromatic N) is 1. The molecule has 144 valence electrons. The average molecular weight is 361 g/mol. The van der Waals surface area contributed by atoms with Crippen LogP contribution in [0.3, 0.4) is 0 Å². The summed E-state index contributed by atoms with van der Waals surface area (Å²) in [4.78, 5) is 24.7. The molecule has 0 bridgehead atoms. The third-order valence-corrected chi connectivity index (χ3v) is 4.66. The van der Waals surface area contributed by atoms with Crippen molar-refractivity contribution in [1.29, 1.82) is 0 Å². The van der Waals surface area contributed by atoms with Gasteiger partial charge >= 0.3 is 6.09 Å². The maximum Gasteiger partial charge on any atom is 0.410 e. The van der Waals surface area contributed by atoms with E-state index < -0.39 is 5.60 Å². The topological polar surface area (TPSA) is 55.8 Å². The van der Waals surface area contributed by atoms with Crippen LogP contribution in [0.25, 0.3) is 0 Å². The minimum Gasteiger partial charge on any atom is -0.494 e. The molecule has 0 spiro atoms. The fraction of sp³-hybridized carbons (Fsp3) is 0.619. The molecule has 1 fully saturated rings.